The number of benzene rings is 1. The largest absolute Gasteiger partial charge is 0.399 e. The minimum atomic E-state index is -3.61. The molecule has 23 heavy (non-hydrogen) atoms. The molecule has 3 N–H and O–H groups in total. The van der Waals surface area contributed by atoms with E-state index in [2.05, 4.69) is 20.7 Å². The maximum Gasteiger partial charge on any atom is 0.263 e. The summed E-state index contributed by atoms with van der Waals surface area (Å²) in [5.74, 6) is 0. The highest BCUT2D eigenvalue weighted by molar-refractivity contribution is 8.18. The minimum Gasteiger partial charge on any atom is -0.399 e. The Hall–Kier alpha value is -1.51. The molecule has 2 heterocycles. The first-order valence-corrected chi connectivity index (χ1v) is 9.85. The maximum atomic E-state index is 12.3. The number of nitrogens with two attached hydrogens (primary N) is 1. The Bertz CT molecular complexity index is 720. The molecule has 0 bridgehead atoms. The second-order valence-corrected chi connectivity index (χ2v) is 8.37. The lowest BCUT2D eigenvalue weighted by Crippen LogP contribution is -2.27. The Kier molecular flexibility index (Phi) is 4.93. The van der Waals surface area contributed by atoms with Crippen LogP contribution in [0.1, 0.15) is 12.8 Å². The van der Waals surface area contributed by atoms with Crippen LogP contribution in [0.2, 0.25) is 0 Å². The average Bonchev–Trinajstić information content (AvgIpc) is 3.16. The summed E-state index contributed by atoms with van der Waals surface area (Å²) in [7, 11) is -3.61. The van der Waals surface area contributed by atoms with Gasteiger partial charge in [-0.25, -0.2) is 8.42 Å². The molecule has 1 fully saturated rings. The number of sulfonamides is 1. The number of nitrogens with zero attached hydrogens (tertiary/aromatic N) is 2. The van der Waals surface area contributed by atoms with Crippen LogP contribution in [0.5, 0.6) is 0 Å². The maximum absolute atomic E-state index is 12.3. The fourth-order valence-electron chi connectivity index (χ4n) is 2.51. The molecule has 0 amide bonds. The third-order valence-electron chi connectivity index (χ3n) is 3.79. The number of rotatable bonds is 4. The van der Waals surface area contributed by atoms with E-state index in [1.54, 1.807) is 12.1 Å². The topological polar surface area (TPSA) is 87.8 Å². The Morgan fingerprint density at radius 2 is 1.96 bits per heavy atom. The highest BCUT2D eigenvalue weighted by atomic mass is 32.2. The second-order valence-electron chi connectivity index (χ2n) is 5.58. The molecule has 0 aliphatic carbocycles. The third kappa shape index (κ3) is 4.27. The fraction of sp³-hybridized carbons (Fsp3) is 0.400. The molecule has 1 aromatic carbocycles. The minimum absolute atomic E-state index is 0.185. The second kappa shape index (κ2) is 6.94. The lowest BCUT2D eigenvalue weighted by Gasteiger charge is -2.11. The third-order valence-corrected chi connectivity index (χ3v) is 6.26. The van der Waals surface area contributed by atoms with Crippen molar-refractivity contribution in [3.63, 3.8) is 0 Å². The molecule has 0 aromatic heterocycles. The van der Waals surface area contributed by atoms with E-state index in [0.29, 0.717) is 17.4 Å². The van der Waals surface area contributed by atoms with Gasteiger partial charge in [-0.05, 0) is 50.2 Å². The summed E-state index contributed by atoms with van der Waals surface area (Å²) in [6.07, 6.45) is 4.67. The number of nitrogen functional groups attached to an aromatic ring is 1. The number of aliphatic imine (C=N–C) groups is 1. The molecule has 2 aliphatic heterocycles. The van der Waals surface area contributed by atoms with Crippen molar-refractivity contribution < 1.29 is 8.42 Å². The first kappa shape index (κ1) is 16.4. The highest BCUT2D eigenvalue weighted by Gasteiger charge is 2.21. The molecule has 0 radical (unpaired) electrons. The van der Waals surface area contributed by atoms with Crippen molar-refractivity contribution in [3.8, 4) is 0 Å². The van der Waals surface area contributed by atoms with Gasteiger partial charge in [-0.15, -0.1) is 0 Å². The molecule has 3 rings (SSSR count). The Labute approximate surface area is 140 Å². The zero-order valence-corrected chi connectivity index (χ0v) is 14.4. The van der Waals surface area contributed by atoms with Gasteiger partial charge < -0.3 is 5.73 Å². The molecule has 2 aliphatic rings. The molecule has 0 spiro atoms. The van der Waals surface area contributed by atoms with Gasteiger partial charge in [0.2, 0.25) is 0 Å². The van der Waals surface area contributed by atoms with Crippen LogP contribution in [-0.4, -0.2) is 44.7 Å². The van der Waals surface area contributed by atoms with Crippen molar-refractivity contribution in [3.05, 3.63) is 35.2 Å². The molecule has 124 valence electrons. The van der Waals surface area contributed by atoms with Crippen molar-refractivity contribution in [1.82, 2.24) is 9.62 Å². The summed E-state index contributed by atoms with van der Waals surface area (Å²) in [5, 5.41) is 0.425. The standard InChI is InChI=1S/C15H20N4O2S2/c16-12-3-5-14(6-4-12)23(20,21)18-15-17-11-13(22-15)7-10-19-8-1-2-9-19/h3-7H,1-2,8-11,16H2,(H,17,18)/b13-7-. The van der Waals surface area contributed by atoms with Crippen LogP contribution in [0.4, 0.5) is 5.69 Å². The first-order chi connectivity index (χ1) is 11.0. The van der Waals surface area contributed by atoms with Gasteiger partial charge >= 0.3 is 0 Å². The summed E-state index contributed by atoms with van der Waals surface area (Å²) in [6.45, 7) is 3.74. The van der Waals surface area contributed by atoms with E-state index in [1.165, 1.54) is 36.7 Å². The number of likely N-dealkylation sites (tertiary alicyclic amines) is 1. The lowest BCUT2D eigenvalue weighted by molar-refractivity contribution is 0.377. The van der Waals surface area contributed by atoms with Gasteiger partial charge in [0.15, 0.2) is 5.17 Å². The summed E-state index contributed by atoms with van der Waals surface area (Å²) in [5.41, 5.74) is 6.11. The van der Waals surface area contributed by atoms with Crippen molar-refractivity contribution in [1.29, 1.82) is 0 Å². The molecule has 6 nitrogen and oxygen atoms in total. The summed E-state index contributed by atoms with van der Waals surface area (Å²) < 4.78 is 27.1. The van der Waals surface area contributed by atoms with Crippen molar-refractivity contribution in [2.24, 2.45) is 4.99 Å². The predicted octanol–water partition coefficient (Wildman–Crippen LogP) is 1.63. The summed E-state index contributed by atoms with van der Waals surface area (Å²) in [6, 6.07) is 6.11. The van der Waals surface area contributed by atoms with Crippen LogP contribution < -0.4 is 10.5 Å². The van der Waals surface area contributed by atoms with Gasteiger partial charge in [0.1, 0.15) is 0 Å². The molecule has 0 unspecified atom stereocenters. The molecule has 0 saturated carbocycles. The molecular weight excluding hydrogens is 332 g/mol. The van der Waals surface area contributed by atoms with Gasteiger partial charge in [0.05, 0.1) is 11.4 Å². The van der Waals surface area contributed by atoms with E-state index in [-0.39, 0.29) is 4.90 Å². The number of anilines is 1. The van der Waals surface area contributed by atoms with Gasteiger partial charge in [-0.1, -0.05) is 17.8 Å². The Balaban J connectivity index is 1.58. The number of hydrogen-bond acceptors (Lipinski definition) is 6. The first-order valence-electron chi connectivity index (χ1n) is 7.55. The van der Waals surface area contributed by atoms with Crippen LogP contribution in [0.15, 0.2) is 45.1 Å². The normalized spacial score (nSPS) is 20.9. The van der Waals surface area contributed by atoms with E-state index < -0.39 is 10.0 Å². The number of nitrogens with one attached hydrogen (secondary N) is 1. The van der Waals surface area contributed by atoms with Gasteiger partial charge in [-0.2, -0.15) is 0 Å². The van der Waals surface area contributed by atoms with Crippen LogP contribution in [0, 0.1) is 0 Å². The van der Waals surface area contributed by atoms with Gasteiger partial charge in [0, 0.05) is 17.1 Å². The van der Waals surface area contributed by atoms with Crippen LogP contribution in [0.25, 0.3) is 0 Å². The van der Waals surface area contributed by atoms with E-state index >= 15 is 0 Å². The van der Waals surface area contributed by atoms with Crippen molar-refractivity contribution in [2.45, 2.75) is 17.7 Å². The molecule has 1 saturated heterocycles. The van der Waals surface area contributed by atoms with Gasteiger partial charge in [0.25, 0.3) is 10.0 Å². The highest BCUT2D eigenvalue weighted by Crippen LogP contribution is 2.25. The van der Waals surface area contributed by atoms with Crippen LogP contribution >= 0.6 is 11.8 Å². The van der Waals surface area contributed by atoms with E-state index in [1.807, 2.05) is 0 Å². The SMILES string of the molecule is Nc1ccc(S(=O)(=O)NC2=NC/C(=C/CN3CCCC3)S2)cc1. The zero-order valence-electron chi connectivity index (χ0n) is 12.7. The number of hydrogen-bond donors (Lipinski definition) is 2. The Morgan fingerprint density at radius 1 is 1.26 bits per heavy atom. The molecular formula is C15H20N4O2S2. The monoisotopic (exact) mass is 352 g/mol. The number of thioether (sulfide) groups is 1. The van der Waals surface area contributed by atoms with E-state index in [9.17, 15) is 8.42 Å². The van der Waals surface area contributed by atoms with Crippen molar-refractivity contribution in [2.75, 3.05) is 31.9 Å². The summed E-state index contributed by atoms with van der Waals surface area (Å²) >= 11 is 1.39. The predicted molar refractivity (Wildman–Crippen MR) is 94.8 cm³/mol. The molecule has 8 heteroatoms. The molecule has 0 atom stereocenters. The van der Waals surface area contributed by atoms with Crippen LogP contribution in [0.3, 0.4) is 0 Å². The van der Waals surface area contributed by atoms with Gasteiger partial charge in [-0.3, -0.25) is 14.6 Å². The van der Waals surface area contributed by atoms with Crippen molar-refractivity contribution >= 4 is 32.6 Å². The smallest absolute Gasteiger partial charge is 0.263 e. The van der Waals surface area contributed by atoms with Crippen LogP contribution in [-0.2, 0) is 10.0 Å². The van der Waals surface area contributed by atoms with E-state index in [0.717, 1.165) is 24.5 Å². The quantitative estimate of drug-likeness (QED) is 0.804. The average molecular weight is 352 g/mol. The van der Waals surface area contributed by atoms with E-state index in [4.69, 9.17) is 5.73 Å². The Morgan fingerprint density at radius 3 is 2.65 bits per heavy atom. The fourth-order valence-corrected chi connectivity index (χ4v) is 4.58. The number of amidine groups is 1. The lowest BCUT2D eigenvalue weighted by atomic mass is 10.3. The molecule has 1 aromatic rings. The zero-order chi connectivity index (χ0) is 16.3. The summed E-state index contributed by atoms with van der Waals surface area (Å²) in [4.78, 5) is 7.94.